The minimum atomic E-state index is -6.50. The second-order valence-electron chi connectivity index (χ2n) is 4.48. The molecule has 1 aromatic rings. The minimum Gasteiger partial charge on any atom is -0.441 e. The Morgan fingerprint density at radius 2 is 1.83 bits per heavy atom. The molecule has 3 N–H and O–H groups in total. The molecule has 0 aliphatic rings. The molecule has 1 aromatic carbocycles. The Bertz CT molecular complexity index is 737. The summed E-state index contributed by atoms with van der Waals surface area (Å²) in [7, 11) is -1.23. The number of rotatable bonds is 5. The lowest BCUT2D eigenvalue weighted by Gasteiger charge is -2.26. The molecular weight excluding hydrogens is 364 g/mol. The Morgan fingerprint density at radius 1 is 1.29 bits per heavy atom. The van der Waals surface area contributed by atoms with E-state index in [-0.39, 0.29) is 17.6 Å². The van der Waals surface area contributed by atoms with Gasteiger partial charge in [0.15, 0.2) is 0 Å². The average Bonchev–Trinajstić information content (AvgIpc) is 2.42. The van der Waals surface area contributed by atoms with Gasteiger partial charge in [0.1, 0.15) is 0 Å². The number of alkyl halides is 5. The second kappa shape index (κ2) is 6.55. The lowest BCUT2D eigenvalue weighted by molar-refractivity contribution is -0.248. The van der Waals surface area contributed by atoms with Crippen LogP contribution in [-0.4, -0.2) is 44.3 Å². The third-order valence-electron chi connectivity index (χ3n) is 2.77. The van der Waals surface area contributed by atoms with Crippen molar-refractivity contribution in [2.75, 3.05) is 5.73 Å². The van der Waals surface area contributed by atoms with Crippen molar-refractivity contribution in [3.8, 4) is 0 Å². The van der Waals surface area contributed by atoms with Gasteiger partial charge < -0.3 is 10.5 Å². The smallest absolute Gasteiger partial charge is 0.432 e. The van der Waals surface area contributed by atoms with Gasteiger partial charge in [0.25, 0.3) is 6.10 Å². The van der Waals surface area contributed by atoms with Crippen LogP contribution in [0.2, 0.25) is 0 Å². The third kappa shape index (κ3) is 4.14. The molecule has 0 aromatic heterocycles. The number of carbonyl (C=O) groups excluding carboxylic acids is 1. The van der Waals surface area contributed by atoms with E-state index in [4.69, 9.17) is 18.1 Å². The molecule has 0 aliphatic heterocycles. The van der Waals surface area contributed by atoms with Gasteiger partial charge in [0.2, 0.25) is 0 Å². The van der Waals surface area contributed by atoms with Gasteiger partial charge >= 0.3 is 27.5 Å². The normalized spacial score (nSPS) is 14.2. The molecule has 24 heavy (non-hydrogen) atoms. The van der Waals surface area contributed by atoms with Gasteiger partial charge in [0.05, 0.1) is 13.4 Å². The van der Waals surface area contributed by atoms with Crippen molar-refractivity contribution in [2.24, 2.45) is 0 Å². The number of hydrogen-bond donors (Lipinski definition) is 2. The fourth-order valence-corrected chi connectivity index (χ4v) is 2.00. The molecule has 0 aliphatic carbocycles. The van der Waals surface area contributed by atoms with Crippen molar-refractivity contribution in [1.29, 1.82) is 0 Å². The van der Waals surface area contributed by atoms with Crippen LogP contribution in [0.5, 0.6) is 0 Å². The van der Waals surface area contributed by atoms with E-state index in [9.17, 15) is 35.2 Å². The minimum absolute atomic E-state index is 0.0877. The van der Waals surface area contributed by atoms with Crippen LogP contribution in [0.3, 0.4) is 0 Å². The van der Waals surface area contributed by atoms with Crippen LogP contribution in [0.25, 0.3) is 0 Å². The summed E-state index contributed by atoms with van der Waals surface area (Å²) in [5, 5.41) is -5.80. The van der Waals surface area contributed by atoms with E-state index < -0.39 is 39.2 Å². The van der Waals surface area contributed by atoms with Crippen molar-refractivity contribution in [1.82, 2.24) is 0 Å². The van der Waals surface area contributed by atoms with Crippen LogP contribution in [0.4, 0.5) is 27.6 Å². The summed E-state index contributed by atoms with van der Waals surface area (Å²) >= 11 is 0. The summed E-state index contributed by atoms with van der Waals surface area (Å²) in [5.41, 5.74) is 5.04. The van der Waals surface area contributed by atoms with Crippen molar-refractivity contribution in [2.45, 2.75) is 23.9 Å². The summed E-state index contributed by atoms with van der Waals surface area (Å²) in [6, 6.07) is 2.84. The van der Waals surface area contributed by atoms with E-state index in [1.807, 2.05) is 0 Å². The molecule has 1 atom stereocenters. The van der Waals surface area contributed by atoms with Crippen molar-refractivity contribution in [3.05, 3.63) is 29.3 Å². The maximum absolute atomic E-state index is 13.3. The largest absolute Gasteiger partial charge is 0.441 e. The van der Waals surface area contributed by atoms with Crippen molar-refractivity contribution >= 4 is 29.6 Å². The molecule has 1 rings (SSSR count). The highest BCUT2D eigenvalue weighted by atomic mass is 32.2. The Morgan fingerprint density at radius 3 is 2.25 bits per heavy atom. The van der Waals surface area contributed by atoms with Gasteiger partial charge in [-0.3, -0.25) is 4.55 Å². The maximum Gasteiger partial charge on any atom is 0.432 e. The zero-order valence-corrected chi connectivity index (χ0v) is 12.4. The van der Waals surface area contributed by atoms with E-state index in [1.54, 1.807) is 0 Å². The highest BCUT2D eigenvalue weighted by Gasteiger charge is 2.66. The quantitative estimate of drug-likeness (QED) is 0.266. The van der Waals surface area contributed by atoms with Gasteiger partial charge in [-0.2, -0.15) is 30.4 Å². The van der Waals surface area contributed by atoms with E-state index in [2.05, 4.69) is 4.74 Å². The zero-order chi connectivity index (χ0) is 18.9. The molecule has 0 saturated heterocycles. The number of nitrogen functional groups attached to an aromatic ring is 1. The Balaban J connectivity index is 3.24. The van der Waals surface area contributed by atoms with Gasteiger partial charge in [-0.25, -0.2) is 4.79 Å². The van der Waals surface area contributed by atoms with Crippen LogP contribution in [0.1, 0.15) is 15.9 Å². The Labute approximate surface area is 133 Å². The molecule has 1 unspecified atom stereocenters. The second-order valence-corrected chi connectivity index (χ2v) is 5.98. The predicted octanol–water partition coefficient (Wildman–Crippen LogP) is 1.51. The lowest BCUT2D eigenvalue weighted by atomic mass is 9.94. The van der Waals surface area contributed by atoms with Crippen LogP contribution >= 0.6 is 0 Å². The van der Waals surface area contributed by atoms with Crippen LogP contribution in [-0.2, 0) is 21.2 Å². The Hall–Kier alpha value is -1.89. The third-order valence-corrected chi connectivity index (χ3v) is 3.67. The molecule has 132 valence electrons. The number of esters is 1. The van der Waals surface area contributed by atoms with Crippen LogP contribution in [0.15, 0.2) is 18.2 Å². The molecule has 2 radical (unpaired) electrons. The van der Waals surface area contributed by atoms with Crippen LogP contribution in [0, 0.1) is 0 Å². The highest BCUT2D eigenvalue weighted by Crippen LogP contribution is 2.38. The number of carbonyl (C=O) groups is 1. The lowest BCUT2D eigenvalue weighted by Crippen LogP contribution is -2.52. The number of benzene rings is 1. The predicted molar refractivity (Wildman–Crippen MR) is 72.1 cm³/mol. The summed E-state index contributed by atoms with van der Waals surface area (Å²) in [6.45, 7) is 0. The molecule has 6 nitrogen and oxygen atoms in total. The first kappa shape index (κ1) is 20.2. The number of anilines is 1. The fourth-order valence-electron chi connectivity index (χ4n) is 1.55. The molecule has 0 fully saturated rings. The maximum atomic E-state index is 13.3. The first-order valence-corrected chi connectivity index (χ1v) is 7.36. The topological polar surface area (TPSA) is 107 Å². The summed E-state index contributed by atoms with van der Waals surface area (Å²) in [5.74, 6) is -1.91. The summed E-state index contributed by atoms with van der Waals surface area (Å²) < 4.78 is 97.4. The monoisotopic (exact) mass is 373 g/mol. The molecule has 0 amide bonds. The highest BCUT2D eigenvalue weighted by molar-refractivity contribution is 7.86. The number of halogens is 5. The van der Waals surface area contributed by atoms with Crippen molar-refractivity contribution < 1.29 is 44.5 Å². The number of hydrogen-bond acceptors (Lipinski definition) is 5. The van der Waals surface area contributed by atoms with E-state index in [0.717, 1.165) is 18.2 Å². The first-order valence-electron chi connectivity index (χ1n) is 5.92. The molecule has 0 bridgehead atoms. The van der Waals surface area contributed by atoms with E-state index in [0.29, 0.717) is 0 Å². The number of ether oxygens (including phenoxy) is 1. The first-order chi connectivity index (χ1) is 10.7. The zero-order valence-electron chi connectivity index (χ0n) is 11.5. The molecule has 13 heteroatoms. The Kier molecular flexibility index (Phi) is 5.50. The van der Waals surface area contributed by atoms with E-state index in [1.165, 1.54) is 0 Å². The van der Waals surface area contributed by atoms with Crippen molar-refractivity contribution in [3.63, 3.8) is 0 Å². The SMILES string of the molecule is [B]Cc1cc(C(=O)OC(C(F)(F)F)C(F)(F)S(=O)(=O)O)ccc1N. The van der Waals surface area contributed by atoms with Gasteiger partial charge in [-0.05, 0) is 23.8 Å². The van der Waals surface area contributed by atoms with Crippen LogP contribution < -0.4 is 5.73 Å². The fraction of sp³-hybridized carbons (Fsp3) is 0.364. The van der Waals surface area contributed by atoms with Gasteiger partial charge in [-0.1, -0.05) is 6.32 Å². The molecule has 0 spiro atoms. The average molecular weight is 373 g/mol. The molecule has 0 heterocycles. The van der Waals surface area contributed by atoms with E-state index >= 15 is 0 Å². The molecule has 0 saturated carbocycles. The summed E-state index contributed by atoms with van der Waals surface area (Å²) in [4.78, 5) is 11.6. The van der Waals surface area contributed by atoms with Gasteiger partial charge in [-0.15, -0.1) is 0 Å². The van der Waals surface area contributed by atoms with Gasteiger partial charge in [0, 0.05) is 5.69 Å². The standard InChI is InChI=1S/C11H9BF5NO5S/c12-4-6-3-5(1-2-7(6)18)8(19)23-9(10(13,14)15)11(16,17)24(20,21)22/h1-3,9H,4,18H2,(H,20,21,22). The summed E-state index contributed by atoms with van der Waals surface area (Å²) in [6.07, 6.45) is -10.6. The molecular formula is C11H9BF5NO5S. The number of nitrogens with two attached hydrogens (primary N) is 1.